The smallest absolute Gasteiger partial charge is 0.240 e. The molecule has 0 bridgehead atoms. The molecule has 0 saturated carbocycles. The maximum Gasteiger partial charge on any atom is 0.240 e. The third-order valence-electron chi connectivity index (χ3n) is 2.78. The highest BCUT2D eigenvalue weighted by Crippen LogP contribution is 2.17. The fourth-order valence-corrected chi connectivity index (χ4v) is 1.84. The van der Waals surface area contributed by atoms with Crippen LogP contribution in [-0.2, 0) is 4.79 Å². The zero-order valence-electron chi connectivity index (χ0n) is 9.31. The van der Waals surface area contributed by atoms with Crippen molar-refractivity contribution in [3.05, 3.63) is 0 Å². The molecule has 1 N–H and O–H groups in total. The van der Waals surface area contributed by atoms with Crippen molar-refractivity contribution >= 4 is 5.91 Å². The van der Waals surface area contributed by atoms with Gasteiger partial charge in [0, 0.05) is 13.1 Å². The van der Waals surface area contributed by atoms with Crippen LogP contribution in [0.4, 0.5) is 0 Å². The zero-order valence-corrected chi connectivity index (χ0v) is 9.31. The van der Waals surface area contributed by atoms with Crippen molar-refractivity contribution in [1.29, 1.82) is 5.26 Å². The average molecular weight is 210 g/mol. The lowest BCUT2D eigenvalue weighted by Gasteiger charge is -2.32. The van der Waals surface area contributed by atoms with Crippen LogP contribution in [-0.4, -0.2) is 35.1 Å². The summed E-state index contributed by atoms with van der Waals surface area (Å²) in [5.41, 5.74) is 0. The SMILES string of the molecule is CC(C)C(C#N)C(=O)N1CCC[C@H](O)C1. The number of likely N-dealkylation sites (tertiary alicyclic amines) is 1. The first-order valence-electron chi connectivity index (χ1n) is 5.42. The van der Waals surface area contributed by atoms with Crippen molar-refractivity contribution in [1.82, 2.24) is 4.90 Å². The number of hydrogen-bond donors (Lipinski definition) is 1. The predicted octanol–water partition coefficient (Wildman–Crippen LogP) is 0.765. The summed E-state index contributed by atoms with van der Waals surface area (Å²) in [6.07, 6.45) is 1.15. The Bertz CT molecular complexity index is 270. The number of β-amino-alcohol motifs (C(OH)–C–C–N with tert-alkyl or cyclic N) is 1. The van der Waals surface area contributed by atoms with Crippen LogP contribution >= 0.6 is 0 Å². The van der Waals surface area contributed by atoms with Crippen LogP contribution in [0.5, 0.6) is 0 Å². The van der Waals surface area contributed by atoms with E-state index in [2.05, 4.69) is 0 Å². The third kappa shape index (κ3) is 2.93. The molecule has 4 heteroatoms. The molecule has 0 radical (unpaired) electrons. The van der Waals surface area contributed by atoms with Crippen molar-refractivity contribution in [3.63, 3.8) is 0 Å². The first-order chi connectivity index (χ1) is 7.06. The van der Waals surface area contributed by atoms with E-state index in [0.717, 1.165) is 12.8 Å². The van der Waals surface area contributed by atoms with E-state index in [1.54, 1.807) is 4.90 Å². The number of aliphatic hydroxyl groups excluding tert-OH is 1. The molecule has 0 aromatic carbocycles. The normalized spacial score (nSPS) is 23.7. The number of carbonyl (C=O) groups is 1. The summed E-state index contributed by atoms with van der Waals surface area (Å²) in [7, 11) is 0. The zero-order chi connectivity index (χ0) is 11.4. The van der Waals surface area contributed by atoms with Gasteiger partial charge < -0.3 is 10.0 Å². The summed E-state index contributed by atoms with van der Waals surface area (Å²) < 4.78 is 0. The molecule has 2 atom stereocenters. The summed E-state index contributed by atoms with van der Waals surface area (Å²) in [6, 6.07) is 2.04. The van der Waals surface area contributed by atoms with Crippen LogP contribution in [0.1, 0.15) is 26.7 Å². The van der Waals surface area contributed by atoms with Gasteiger partial charge in [0.25, 0.3) is 0 Å². The van der Waals surface area contributed by atoms with Crippen LogP contribution in [0.2, 0.25) is 0 Å². The summed E-state index contributed by atoms with van der Waals surface area (Å²) in [5, 5.41) is 18.3. The second-order valence-electron chi connectivity index (χ2n) is 4.43. The first-order valence-corrected chi connectivity index (χ1v) is 5.42. The van der Waals surface area contributed by atoms with Gasteiger partial charge in [-0.25, -0.2) is 0 Å². The predicted molar refractivity (Wildman–Crippen MR) is 55.8 cm³/mol. The molecule has 1 aliphatic heterocycles. The minimum absolute atomic E-state index is 0.0292. The highest BCUT2D eigenvalue weighted by atomic mass is 16.3. The van der Waals surface area contributed by atoms with E-state index in [1.165, 1.54) is 0 Å². The average Bonchev–Trinajstić information content (AvgIpc) is 2.18. The fraction of sp³-hybridized carbons (Fsp3) is 0.818. The first kappa shape index (κ1) is 12.0. The largest absolute Gasteiger partial charge is 0.391 e. The monoisotopic (exact) mass is 210 g/mol. The van der Waals surface area contributed by atoms with E-state index >= 15 is 0 Å². The van der Waals surface area contributed by atoms with Crippen LogP contribution in [0, 0.1) is 23.2 Å². The Kier molecular flexibility index (Phi) is 4.10. The summed E-state index contributed by atoms with van der Waals surface area (Å²) in [5.74, 6) is -0.678. The number of hydrogen-bond acceptors (Lipinski definition) is 3. The minimum atomic E-state index is -0.574. The Morgan fingerprint density at radius 1 is 1.60 bits per heavy atom. The number of piperidine rings is 1. The van der Waals surface area contributed by atoms with Crippen molar-refractivity contribution in [3.8, 4) is 6.07 Å². The Hall–Kier alpha value is -1.08. The number of aliphatic hydroxyl groups is 1. The molecule has 1 rings (SSSR count). The molecule has 1 amide bonds. The molecule has 84 valence electrons. The van der Waals surface area contributed by atoms with Gasteiger partial charge in [-0.3, -0.25) is 4.79 Å². The lowest BCUT2D eigenvalue weighted by Crippen LogP contribution is -2.45. The number of nitriles is 1. The molecule has 1 unspecified atom stereocenters. The summed E-state index contributed by atoms with van der Waals surface area (Å²) in [6.45, 7) is 4.78. The minimum Gasteiger partial charge on any atom is -0.391 e. The van der Waals surface area contributed by atoms with Crippen LogP contribution in [0.15, 0.2) is 0 Å². The Morgan fingerprint density at radius 3 is 2.73 bits per heavy atom. The molecule has 0 aliphatic carbocycles. The molecule has 1 aliphatic rings. The van der Waals surface area contributed by atoms with Gasteiger partial charge in [0.1, 0.15) is 5.92 Å². The molecule has 0 aromatic heterocycles. The van der Waals surface area contributed by atoms with Gasteiger partial charge in [0.05, 0.1) is 12.2 Å². The molecule has 0 spiro atoms. The van der Waals surface area contributed by atoms with Crippen molar-refractivity contribution < 1.29 is 9.90 Å². The number of nitrogens with zero attached hydrogens (tertiary/aromatic N) is 2. The second kappa shape index (κ2) is 5.13. The van der Waals surface area contributed by atoms with E-state index in [9.17, 15) is 9.90 Å². The third-order valence-corrected chi connectivity index (χ3v) is 2.78. The highest BCUT2D eigenvalue weighted by Gasteiger charge is 2.29. The molecular weight excluding hydrogens is 192 g/mol. The molecule has 15 heavy (non-hydrogen) atoms. The van der Waals surface area contributed by atoms with E-state index in [-0.39, 0.29) is 11.8 Å². The van der Waals surface area contributed by atoms with Crippen LogP contribution < -0.4 is 0 Å². The lowest BCUT2D eigenvalue weighted by atomic mass is 9.95. The number of rotatable bonds is 2. The van der Waals surface area contributed by atoms with Gasteiger partial charge in [0.15, 0.2) is 0 Å². The summed E-state index contributed by atoms with van der Waals surface area (Å²) in [4.78, 5) is 13.5. The van der Waals surface area contributed by atoms with Crippen LogP contribution in [0.3, 0.4) is 0 Å². The number of carbonyl (C=O) groups excluding carboxylic acids is 1. The van der Waals surface area contributed by atoms with Crippen molar-refractivity contribution in [2.24, 2.45) is 11.8 Å². The second-order valence-corrected chi connectivity index (χ2v) is 4.43. The van der Waals surface area contributed by atoms with Gasteiger partial charge in [-0.1, -0.05) is 13.8 Å². The van der Waals surface area contributed by atoms with Gasteiger partial charge in [-0.05, 0) is 18.8 Å². The Morgan fingerprint density at radius 2 is 2.27 bits per heavy atom. The van der Waals surface area contributed by atoms with Gasteiger partial charge in [0.2, 0.25) is 5.91 Å². The maximum atomic E-state index is 11.9. The molecule has 1 fully saturated rings. The van der Waals surface area contributed by atoms with Gasteiger partial charge in [-0.15, -0.1) is 0 Å². The molecular formula is C11H18N2O2. The van der Waals surface area contributed by atoms with E-state index < -0.39 is 12.0 Å². The van der Waals surface area contributed by atoms with Gasteiger partial charge in [-0.2, -0.15) is 5.26 Å². The molecule has 1 saturated heterocycles. The van der Waals surface area contributed by atoms with E-state index in [0.29, 0.717) is 13.1 Å². The van der Waals surface area contributed by atoms with E-state index in [4.69, 9.17) is 5.26 Å². The van der Waals surface area contributed by atoms with E-state index in [1.807, 2.05) is 19.9 Å². The standard InChI is InChI=1S/C11H18N2O2/c1-8(2)10(6-12)11(15)13-5-3-4-9(14)7-13/h8-10,14H,3-5,7H2,1-2H3/t9-,10?/m0/s1. The maximum absolute atomic E-state index is 11.9. The Labute approximate surface area is 90.5 Å². The summed E-state index contributed by atoms with van der Waals surface area (Å²) >= 11 is 0. The topological polar surface area (TPSA) is 64.3 Å². The quantitative estimate of drug-likeness (QED) is 0.732. The Balaban J connectivity index is 2.63. The van der Waals surface area contributed by atoms with Crippen molar-refractivity contribution in [2.45, 2.75) is 32.8 Å². The number of amides is 1. The molecule has 1 heterocycles. The van der Waals surface area contributed by atoms with Gasteiger partial charge >= 0.3 is 0 Å². The van der Waals surface area contributed by atoms with Crippen molar-refractivity contribution in [2.75, 3.05) is 13.1 Å². The molecule has 4 nitrogen and oxygen atoms in total. The lowest BCUT2D eigenvalue weighted by molar-refractivity contribution is -0.137. The highest BCUT2D eigenvalue weighted by molar-refractivity contribution is 5.81. The fourth-order valence-electron chi connectivity index (χ4n) is 1.84. The van der Waals surface area contributed by atoms with Crippen LogP contribution in [0.25, 0.3) is 0 Å². The molecule has 0 aromatic rings.